The molecule has 140 valence electrons. The maximum absolute atomic E-state index is 12.6. The summed E-state index contributed by atoms with van der Waals surface area (Å²) in [4.78, 5) is 24.4. The highest BCUT2D eigenvalue weighted by Crippen LogP contribution is 2.28. The molecular weight excluding hydrogens is 344 g/mol. The van der Waals surface area contributed by atoms with Crippen LogP contribution in [0.3, 0.4) is 0 Å². The van der Waals surface area contributed by atoms with Gasteiger partial charge >= 0.3 is 11.6 Å². The first-order valence-electron chi connectivity index (χ1n) is 9.03. The number of benzene rings is 2. The van der Waals surface area contributed by atoms with Gasteiger partial charge in [-0.15, -0.1) is 0 Å². The second-order valence-corrected chi connectivity index (χ2v) is 6.40. The van der Waals surface area contributed by atoms with Crippen molar-refractivity contribution in [2.75, 3.05) is 0 Å². The van der Waals surface area contributed by atoms with Crippen molar-refractivity contribution in [3.05, 3.63) is 75.6 Å². The van der Waals surface area contributed by atoms with Gasteiger partial charge in [-0.1, -0.05) is 44.2 Å². The molecule has 0 bridgehead atoms. The SMILES string of the molecule is CCc1cc2c(COC(=O)[C@H](CC)c3ccccc3)cc(=O)oc2cc1O. The molecule has 3 aromatic rings. The minimum atomic E-state index is -0.549. The van der Waals surface area contributed by atoms with Crippen LogP contribution in [0.25, 0.3) is 11.0 Å². The molecule has 1 heterocycles. The van der Waals surface area contributed by atoms with Crippen molar-refractivity contribution in [2.45, 2.75) is 39.2 Å². The third-order valence-corrected chi connectivity index (χ3v) is 4.67. The van der Waals surface area contributed by atoms with Gasteiger partial charge in [0, 0.05) is 23.1 Å². The second kappa shape index (κ2) is 8.08. The van der Waals surface area contributed by atoms with Crippen molar-refractivity contribution in [3.8, 4) is 5.75 Å². The van der Waals surface area contributed by atoms with Crippen LogP contribution in [0.1, 0.15) is 42.9 Å². The molecule has 0 aliphatic carbocycles. The van der Waals surface area contributed by atoms with Gasteiger partial charge in [-0.25, -0.2) is 4.79 Å². The van der Waals surface area contributed by atoms with Crippen LogP contribution in [0.2, 0.25) is 0 Å². The molecule has 0 aliphatic rings. The summed E-state index contributed by atoms with van der Waals surface area (Å²) in [6, 6.07) is 14.0. The van der Waals surface area contributed by atoms with Crippen molar-refractivity contribution in [3.63, 3.8) is 0 Å². The van der Waals surface area contributed by atoms with E-state index >= 15 is 0 Å². The summed E-state index contributed by atoms with van der Waals surface area (Å²) in [5.41, 5.74) is 1.93. The smallest absolute Gasteiger partial charge is 0.336 e. The zero-order valence-electron chi connectivity index (χ0n) is 15.4. The lowest BCUT2D eigenvalue weighted by molar-refractivity contribution is -0.146. The summed E-state index contributed by atoms with van der Waals surface area (Å²) in [7, 11) is 0. The molecule has 0 fully saturated rings. The lowest BCUT2D eigenvalue weighted by Crippen LogP contribution is -2.16. The first-order chi connectivity index (χ1) is 13.0. The van der Waals surface area contributed by atoms with Gasteiger partial charge in [0.25, 0.3) is 0 Å². The third kappa shape index (κ3) is 4.03. The molecule has 0 spiro atoms. The Balaban J connectivity index is 1.88. The molecule has 0 amide bonds. The molecule has 0 saturated heterocycles. The standard InChI is InChI=1S/C22H22O5/c1-3-14-10-18-16(11-21(24)27-20(18)12-19(14)23)13-26-22(25)17(4-2)15-8-6-5-7-9-15/h5-12,17,23H,3-4,13H2,1-2H3/t17-/m1/s1. The number of carbonyl (C=O) groups excluding carboxylic acids is 1. The molecule has 1 aromatic heterocycles. The molecule has 27 heavy (non-hydrogen) atoms. The zero-order chi connectivity index (χ0) is 19.4. The Morgan fingerprint density at radius 3 is 2.52 bits per heavy atom. The Labute approximate surface area is 157 Å². The largest absolute Gasteiger partial charge is 0.508 e. The first kappa shape index (κ1) is 18.7. The number of fused-ring (bicyclic) bond motifs is 1. The van der Waals surface area contributed by atoms with E-state index in [0.717, 1.165) is 11.1 Å². The highest BCUT2D eigenvalue weighted by Gasteiger charge is 2.20. The zero-order valence-corrected chi connectivity index (χ0v) is 15.4. The topological polar surface area (TPSA) is 76.7 Å². The maximum Gasteiger partial charge on any atom is 0.336 e. The predicted molar refractivity (Wildman–Crippen MR) is 103 cm³/mol. The quantitative estimate of drug-likeness (QED) is 0.520. The average Bonchev–Trinajstić information content (AvgIpc) is 2.67. The van der Waals surface area contributed by atoms with Crippen molar-refractivity contribution in [2.24, 2.45) is 0 Å². The van der Waals surface area contributed by atoms with Gasteiger partial charge in [-0.05, 0) is 30.0 Å². The van der Waals surface area contributed by atoms with Gasteiger partial charge in [-0.2, -0.15) is 0 Å². The highest BCUT2D eigenvalue weighted by atomic mass is 16.5. The predicted octanol–water partition coefficient (Wildman–Crippen LogP) is 4.30. The van der Waals surface area contributed by atoms with Crippen LogP contribution < -0.4 is 5.63 Å². The third-order valence-electron chi connectivity index (χ3n) is 4.67. The van der Waals surface area contributed by atoms with Gasteiger partial charge in [0.2, 0.25) is 0 Å². The van der Waals surface area contributed by atoms with Gasteiger partial charge in [0.1, 0.15) is 17.9 Å². The summed E-state index contributed by atoms with van der Waals surface area (Å²) in [5, 5.41) is 10.6. The monoisotopic (exact) mass is 366 g/mol. The van der Waals surface area contributed by atoms with Crippen LogP contribution in [0.5, 0.6) is 5.75 Å². The van der Waals surface area contributed by atoms with Gasteiger partial charge in [0.05, 0.1) is 5.92 Å². The van der Waals surface area contributed by atoms with Crippen molar-refractivity contribution in [1.29, 1.82) is 0 Å². The van der Waals surface area contributed by atoms with Crippen molar-refractivity contribution in [1.82, 2.24) is 0 Å². The molecular formula is C22H22O5. The number of rotatable bonds is 6. The molecule has 2 aromatic carbocycles. The molecule has 1 atom stereocenters. The second-order valence-electron chi connectivity index (χ2n) is 6.40. The van der Waals surface area contributed by atoms with Crippen LogP contribution >= 0.6 is 0 Å². The normalized spacial score (nSPS) is 12.1. The van der Waals surface area contributed by atoms with E-state index in [9.17, 15) is 14.7 Å². The number of aryl methyl sites for hydroxylation is 1. The van der Waals surface area contributed by atoms with E-state index in [1.54, 1.807) is 6.07 Å². The number of phenols is 1. The van der Waals surface area contributed by atoms with Gasteiger partial charge < -0.3 is 14.3 Å². The number of phenolic OH excluding ortho intramolecular Hbond substituents is 1. The number of ether oxygens (including phenoxy) is 1. The van der Waals surface area contributed by atoms with Crippen LogP contribution in [-0.4, -0.2) is 11.1 Å². The fourth-order valence-electron chi connectivity index (χ4n) is 3.18. The Kier molecular flexibility index (Phi) is 5.60. The van der Waals surface area contributed by atoms with E-state index in [0.29, 0.717) is 23.8 Å². The van der Waals surface area contributed by atoms with Crippen LogP contribution in [0, 0.1) is 0 Å². The minimum absolute atomic E-state index is 0.0296. The molecule has 0 unspecified atom stereocenters. The van der Waals surface area contributed by atoms with E-state index in [-0.39, 0.29) is 29.8 Å². The number of hydrogen-bond acceptors (Lipinski definition) is 5. The minimum Gasteiger partial charge on any atom is -0.508 e. The fourth-order valence-corrected chi connectivity index (χ4v) is 3.18. The number of aromatic hydroxyl groups is 1. The Bertz CT molecular complexity index is 1000. The van der Waals surface area contributed by atoms with Crippen molar-refractivity contribution < 1.29 is 19.1 Å². The lowest BCUT2D eigenvalue weighted by atomic mass is 9.97. The Morgan fingerprint density at radius 2 is 1.85 bits per heavy atom. The molecule has 1 N–H and O–H groups in total. The number of esters is 1. The van der Waals surface area contributed by atoms with Gasteiger partial charge in [0.15, 0.2) is 0 Å². The molecule has 0 saturated carbocycles. The Morgan fingerprint density at radius 1 is 1.11 bits per heavy atom. The maximum atomic E-state index is 12.6. The van der Waals surface area contributed by atoms with Crippen LogP contribution in [-0.2, 0) is 22.6 Å². The van der Waals surface area contributed by atoms with Gasteiger partial charge in [-0.3, -0.25) is 4.79 Å². The molecule has 0 radical (unpaired) electrons. The summed E-state index contributed by atoms with van der Waals surface area (Å²) >= 11 is 0. The number of carbonyl (C=O) groups is 1. The average molecular weight is 366 g/mol. The van der Waals surface area contributed by atoms with Crippen molar-refractivity contribution >= 4 is 16.9 Å². The summed E-state index contributed by atoms with van der Waals surface area (Å²) in [5.74, 6) is -0.607. The summed E-state index contributed by atoms with van der Waals surface area (Å²) in [6.07, 6.45) is 1.25. The molecule has 5 nitrogen and oxygen atoms in total. The van der Waals surface area contributed by atoms with E-state index in [1.807, 2.05) is 44.2 Å². The van der Waals surface area contributed by atoms with Crippen LogP contribution in [0.4, 0.5) is 0 Å². The molecule has 5 heteroatoms. The summed E-state index contributed by atoms with van der Waals surface area (Å²) in [6.45, 7) is 3.82. The Hall–Kier alpha value is -3.08. The summed E-state index contributed by atoms with van der Waals surface area (Å²) < 4.78 is 10.7. The first-order valence-corrected chi connectivity index (χ1v) is 9.03. The molecule has 0 aliphatic heterocycles. The van der Waals surface area contributed by atoms with E-state index in [4.69, 9.17) is 9.15 Å². The highest BCUT2D eigenvalue weighted by molar-refractivity contribution is 5.83. The molecule has 3 rings (SSSR count). The van der Waals surface area contributed by atoms with E-state index in [1.165, 1.54) is 12.1 Å². The number of hydrogen-bond donors (Lipinski definition) is 1. The van der Waals surface area contributed by atoms with Crippen LogP contribution in [0.15, 0.2) is 57.7 Å². The van der Waals surface area contributed by atoms with E-state index in [2.05, 4.69) is 0 Å². The fraction of sp³-hybridized carbons (Fsp3) is 0.273. The lowest BCUT2D eigenvalue weighted by Gasteiger charge is -2.15. The van der Waals surface area contributed by atoms with E-state index < -0.39 is 5.63 Å².